The minimum atomic E-state index is -1.07. The quantitative estimate of drug-likeness (QED) is 0.762. The second-order valence-electron chi connectivity index (χ2n) is 2.74. The van der Waals surface area contributed by atoms with E-state index in [1.54, 1.807) is 11.9 Å². The number of carboxylic acid groups (broad SMARTS) is 1. The highest BCUT2D eigenvalue weighted by molar-refractivity contribution is 5.85. The Hall–Kier alpha value is -1.52. The maximum Gasteiger partial charge on any atom is 0.357 e. The molecule has 0 spiro atoms. The normalized spacial score (nSPS) is 10.0. The summed E-state index contributed by atoms with van der Waals surface area (Å²) in [7, 11) is 1.81. The highest BCUT2D eigenvalue weighted by Crippen LogP contribution is 2.11. The van der Waals surface area contributed by atoms with Gasteiger partial charge in [0.1, 0.15) is 6.26 Å². The highest BCUT2D eigenvalue weighted by Gasteiger charge is 2.12. The summed E-state index contributed by atoms with van der Waals surface area (Å²) in [5.74, 6) is -1.07. The topological polar surface area (TPSA) is 66.6 Å². The van der Waals surface area contributed by atoms with Crippen molar-refractivity contribution in [2.45, 2.75) is 13.3 Å². The fourth-order valence-electron chi connectivity index (χ4n) is 0.969. The van der Waals surface area contributed by atoms with E-state index in [-0.39, 0.29) is 5.69 Å². The number of rotatable bonds is 4. The zero-order chi connectivity index (χ0) is 9.84. The van der Waals surface area contributed by atoms with E-state index in [1.807, 2.05) is 6.92 Å². The second-order valence-corrected chi connectivity index (χ2v) is 2.74. The molecule has 1 rings (SSSR count). The summed E-state index contributed by atoms with van der Waals surface area (Å²) in [6, 6.07) is 0.347. The molecule has 1 aromatic heterocycles. The third-order valence-corrected chi connectivity index (χ3v) is 1.60. The molecule has 0 unspecified atom stereocenters. The lowest BCUT2D eigenvalue weighted by Crippen LogP contribution is -2.18. The van der Waals surface area contributed by atoms with E-state index in [4.69, 9.17) is 9.52 Å². The predicted octanol–water partition coefficient (Wildman–Crippen LogP) is 1.22. The minimum Gasteiger partial charge on any atom is -0.476 e. The molecule has 72 valence electrons. The van der Waals surface area contributed by atoms with Crippen LogP contribution in [0.3, 0.4) is 0 Å². The van der Waals surface area contributed by atoms with Crippen LogP contribution in [0.25, 0.3) is 0 Å². The molecule has 5 heteroatoms. The maximum atomic E-state index is 10.5. The van der Waals surface area contributed by atoms with Crippen molar-refractivity contribution in [3.05, 3.63) is 12.0 Å². The number of nitrogens with zero attached hydrogens (tertiary/aromatic N) is 2. The summed E-state index contributed by atoms with van der Waals surface area (Å²) < 4.78 is 4.97. The van der Waals surface area contributed by atoms with Crippen molar-refractivity contribution in [3.8, 4) is 0 Å². The fourth-order valence-corrected chi connectivity index (χ4v) is 0.969. The van der Waals surface area contributed by atoms with Crippen LogP contribution in [0.2, 0.25) is 0 Å². The maximum absolute atomic E-state index is 10.5. The van der Waals surface area contributed by atoms with Crippen molar-refractivity contribution in [1.29, 1.82) is 0 Å². The molecule has 1 aromatic rings. The van der Waals surface area contributed by atoms with E-state index >= 15 is 0 Å². The first-order valence-corrected chi connectivity index (χ1v) is 4.05. The summed E-state index contributed by atoms with van der Waals surface area (Å²) in [6.45, 7) is 2.82. The second kappa shape index (κ2) is 3.93. The largest absolute Gasteiger partial charge is 0.476 e. The zero-order valence-corrected chi connectivity index (χ0v) is 7.65. The Morgan fingerprint density at radius 2 is 2.46 bits per heavy atom. The van der Waals surface area contributed by atoms with Gasteiger partial charge in [0.05, 0.1) is 0 Å². The van der Waals surface area contributed by atoms with E-state index in [9.17, 15) is 4.79 Å². The summed E-state index contributed by atoms with van der Waals surface area (Å²) >= 11 is 0. The van der Waals surface area contributed by atoms with Gasteiger partial charge in [-0.1, -0.05) is 6.92 Å². The third-order valence-electron chi connectivity index (χ3n) is 1.60. The van der Waals surface area contributed by atoms with E-state index in [0.29, 0.717) is 6.01 Å². The zero-order valence-electron chi connectivity index (χ0n) is 7.65. The van der Waals surface area contributed by atoms with Gasteiger partial charge in [0.25, 0.3) is 6.01 Å². The number of aromatic nitrogens is 1. The van der Waals surface area contributed by atoms with Gasteiger partial charge in [-0.3, -0.25) is 0 Å². The number of aromatic carboxylic acids is 1. The molecule has 0 aliphatic carbocycles. The number of carbonyl (C=O) groups is 1. The Morgan fingerprint density at radius 3 is 2.92 bits per heavy atom. The molecule has 1 heterocycles. The van der Waals surface area contributed by atoms with Gasteiger partial charge in [0.15, 0.2) is 5.69 Å². The van der Waals surface area contributed by atoms with Crippen LogP contribution < -0.4 is 4.90 Å². The minimum absolute atomic E-state index is 0.0575. The van der Waals surface area contributed by atoms with Crippen LogP contribution in [0.15, 0.2) is 10.7 Å². The van der Waals surface area contributed by atoms with Gasteiger partial charge in [-0.05, 0) is 6.42 Å². The van der Waals surface area contributed by atoms with Crippen molar-refractivity contribution in [2.75, 3.05) is 18.5 Å². The number of anilines is 1. The fraction of sp³-hybridized carbons (Fsp3) is 0.500. The lowest BCUT2D eigenvalue weighted by atomic mass is 10.4. The van der Waals surface area contributed by atoms with Gasteiger partial charge < -0.3 is 14.4 Å². The average molecular weight is 184 g/mol. The number of oxazole rings is 1. The number of hydrogen-bond acceptors (Lipinski definition) is 4. The SMILES string of the molecule is CCCN(C)c1nc(C(=O)O)co1. The third kappa shape index (κ3) is 2.21. The average Bonchev–Trinajstić information content (AvgIpc) is 2.52. The molecule has 0 atom stereocenters. The van der Waals surface area contributed by atoms with Crippen molar-refractivity contribution in [2.24, 2.45) is 0 Å². The van der Waals surface area contributed by atoms with Gasteiger partial charge in [-0.25, -0.2) is 4.79 Å². The molecular formula is C8H12N2O3. The van der Waals surface area contributed by atoms with Crippen LogP contribution in [0.1, 0.15) is 23.8 Å². The molecule has 13 heavy (non-hydrogen) atoms. The van der Waals surface area contributed by atoms with E-state index in [2.05, 4.69) is 4.98 Å². The lowest BCUT2D eigenvalue weighted by Gasteiger charge is -2.11. The van der Waals surface area contributed by atoms with Gasteiger partial charge in [-0.15, -0.1) is 0 Å². The summed E-state index contributed by atoms with van der Waals surface area (Å²) in [6.07, 6.45) is 2.10. The first kappa shape index (κ1) is 9.57. The monoisotopic (exact) mass is 184 g/mol. The lowest BCUT2D eigenvalue weighted by molar-refractivity contribution is 0.0690. The van der Waals surface area contributed by atoms with Crippen molar-refractivity contribution in [1.82, 2.24) is 4.98 Å². The Kier molecular flexibility index (Phi) is 2.89. The van der Waals surface area contributed by atoms with Gasteiger partial charge in [0, 0.05) is 13.6 Å². The smallest absolute Gasteiger partial charge is 0.357 e. The van der Waals surface area contributed by atoms with Crippen LogP contribution in [0.4, 0.5) is 6.01 Å². The van der Waals surface area contributed by atoms with Crippen LogP contribution in [-0.2, 0) is 0 Å². The molecule has 0 aromatic carbocycles. The molecular weight excluding hydrogens is 172 g/mol. The molecule has 0 radical (unpaired) electrons. The van der Waals surface area contributed by atoms with E-state index < -0.39 is 5.97 Å². The van der Waals surface area contributed by atoms with Crippen molar-refractivity contribution in [3.63, 3.8) is 0 Å². The van der Waals surface area contributed by atoms with Crippen LogP contribution in [0, 0.1) is 0 Å². The highest BCUT2D eigenvalue weighted by atomic mass is 16.4. The molecule has 5 nitrogen and oxygen atoms in total. The van der Waals surface area contributed by atoms with Gasteiger partial charge in [0.2, 0.25) is 0 Å². The van der Waals surface area contributed by atoms with Gasteiger partial charge >= 0.3 is 5.97 Å². The molecule has 0 bridgehead atoms. The number of hydrogen-bond donors (Lipinski definition) is 1. The Balaban J connectivity index is 2.73. The Labute approximate surface area is 76.0 Å². The molecule has 0 aliphatic rings. The van der Waals surface area contributed by atoms with Gasteiger partial charge in [-0.2, -0.15) is 4.98 Å². The first-order valence-electron chi connectivity index (χ1n) is 4.05. The summed E-state index contributed by atoms with van der Waals surface area (Å²) in [5.41, 5.74) is -0.0575. The summed E-state index contributed by atoms with van der Waals surface area (Å²) in [4.78, 5) is 16.0. The molecule has 0 amide bonds. The standard InChI is InChI=1S/C8H12N2O3/c1-3-4-10(2)8-9-6(5-13-8)7(11)12/h5H,3-4H2,1-2H3,(H,11,12). The molecule has 0 fully saturated rings. The molecule has 0 aliphatic heterocycles. The Bertz CT molecular complexity index is 295. The Morgan fingerprint density at radius 1 is 1.77 bits per heavy atom. The van der Waals surface area contributed by atoms with E-state index in [1.165, 1.54) is 0 Å². The van der Waals surface area contributed by atoms with Crippen molar-refractivity contribution >= 4 is 12.0 Å². The molecule has 0 saturated carbocycles. The van der Waals surface area contributed by atoms with Crippen LogP contribution >= 0.6 is 0 Å². The summed E-state index contributed by atoms with van der Waals surface area (Å²) in [5, 5.41) is 8.57. The first-order chi connectivity index (χ1) is 6.15. The number of carboxylic acids is 1. The van der Waals surface area contributed by atoms with E-state index in [0.717, 1.165) is 19.2 Å². The molecule has 0 saturated heterocycles. The van der Waals surface area contributed by atoms with Crippen molar-refractivity contribution < 1.29 is 14.3 Å². The van der Waals surface area contributed by atoms with Crippen LogP contribution in [-0.4, -0.2) is 29.7 Å². The molecule has 1 N–H and O–H groups in total. The van der Waals surface area contributed by atoms with Crippen LogP contribution in [0.5, 0.6) is 0 Å². The predicted molar refractivity (Wildman–Crippen MR) is 47.0 cm³/mol.